The zero-order valence-corrected chi connectivity index (χ0v) is 14.2. The van der Waals surface area contributed by atoms with Crippen molar-refractivity contribution in [3.63, 3.8) is 0 Å². The van der Waals surface area contributed by atoms with Gasteiger partial charge in [0.1, 0.15) is 17.5 Å². The van der Waals surface area contributed by atoms with Gasteiger partial charge in [0, 0.05) is 18.4 Å². The highest BCUT2D eigenvalue weighted by atomic mass is 19.1. The molecule has 3 aromatic carbocycles. The van der Waals surface area contributed by atoms with Crippen LogP contribution < -0.4 is 5.32 Å². The third kappa shape index (κ3) is 3.70. The first kappa shape index (κ1) is 16.2. The minimum absolute atomic E-state index is 0.230. The van der Waals surface area contributed by atoms with Crippen LogP contribution in [0.15, 0.2) is 78.9 Å². The molecule has 0 aliphatic heterocycles. The first-order chi connectivity index (χ1) is 12.8. The molecular weight excluding hydrogens is 325 g/mol. The summed E-state index contributed by atoms with van der Waals surface area (Å²) in [6, 6.07) is 24.6. The van der Waals surface area contributed by atoms with Crippen LogP contribution in [0.3, 0.4) is 0 Å². The van der Waals surface area contributed by atoms with Crippen LogP contribution in [0.5, 0.6) is 0 Å². The number of benzene rings is 3. The lowest BCUT2D eigenvalue weighted by Crippen LogP contribution is -2.06. The molecule has 4 rings (SSSR count). The quantitative estimate of drug-likeness (QED) is 0.556. The topological polar surface area (TPSA) is 37.8 Å². The molecule has 1 N–H and O–H groups in total. The predicted molar refractivity (Wildman–Crippen MR) is 103 cm³/mol. The number of para-hydroxylation sites is 1. The zero-order valence-electron chi connectivity index (χ0n) is 14.2. The van der Waals surface area contributed by atoms with E-state index in [4.69, 9.17) is 9.97 Å². The van der Waals surface area contributed by atoms with Crippen molar-refractivity contribution in [2.45, 2.75) is 13.0 Å². The lowest BCUT2D eigenvalue weighted by Gasteiger charge is -2.11. The van der Waals surface area contributed by atoms with Gasteiger partial charge in [-0.2, -0.15) is 0 Å². The monoisotopic (exact) mass is 343 g/mol. The van der Waals surface area contributed by atoms with E-state index in [0.29, 0.717) is 13.0 Å². The molecule has 0 aliphatic rings. The average Bonchev–Trinajstić information content (AvgIpc) is 2.68. The van der Waals surface area contributed by atoms with Crippen molar-refractivity contribution < 1.29 is 4.39 Å². The number of aromatic nitrogens is 2. The number of hydrogen-bond acceptors (Lipinski definition) is 3. The highest BCUT2D eigenvalue weighted by Crippen LogP contribution is 2.22. The zero-order chi connectivity index (χ0) is 17.8. The first-order valence-electron chi connectivity index (χ1n) is 8.56. The van der Waals surface area contributed by atoms with Gasteiger partial charge in [-0.15, -0.1) is 0 Å². The summed E-state index contributed by atoms with van der Waals surface area (Å²) in [7, 11) is 0. The Morgan fingerprint density at radius 3 is 2.27 bits per heavy atom. The summed E-state index contributed by atoms with van der Waals surface area (Å²) in [5.74, 6) is 1.34. The number of rotatable bonds is 5. The van der Waals surface area contributed by atoms with E-state index < -0.39 is 0 Å². The minimum atomic E-state index is -0.230. The molecule has 0 atom stereocenters. The van der Waals surface area contributed by atoms with Crippen molar-refractivity contribution in [3.05, 3.63) is 102 Å². The van der Waals surface area contributed by atoms with E-state index in [1.807, 2.05) is 42.5 Å². The fourth-order valence-electron chi connectivity index (χ4n) is 2.90. The van der Waals surface area contributed by atoms with E-state index in [1.54, 1.807) is 12.1 Å². The number of hydrogen-bond donors (Lipinski definition) is 1. The van der Waals surface area contributed by atoms with Crippen LogP contribution in [-0.4, -0.2) is 9.97 Å². The molecule has 0 radical (unpaired) electrons. The second-order valence-electron chi connectivity index (χ2n) is 6.15. The van der Waals surface area contributed by atoms with Gasteiger partial charge in [-0.25, -0.2) is 14.4 Å². The van der Waals surface area contributed by atoms with Crippen molar-refractivity contribution in [1.29, 1.82) is 0 Å². The number of anilines is 1. The van der Waals surface area contributed by atoms with Crippen LogP contribution in [0.1, 0.15) is 17.0 Å². The smallest absolute Gasteiger partial charge is 0.137 e. The molecule has 0 saturated carbocycles. The van der Waals surface area contributed by atoms with Crippen molar-refractivity contribution in [2.75, 3.05) is 5.32 Å². The van der Waals surface area contributed by atoms with E-state index in [1.165, 1.54) is 17.7 Å². The number of nitrogens with one attached hydrogen (secondary N) is 1. The van der Waals surface area contributed by atoms with E-state index >= 15 is 0 Å². The Balaban J connectivity index is 1.64. The van der Waals surface area contributed by atoms with Crippen LogP contribution >= 0.6 is 0 Å². The Morgan fingerprint density at radius 1 is 0.731 bits per heavy atom. The Hall–Kier alpha value is -3.27. The van der Waals surface area contributed by atoms with Gasteiger partial charge in [0.05, 0.1) is 5.52 Å². The molecule has 0 unspecified atom stereocenters. The normalized spacial score (nSPS) is 10.8. The van der Waals surface area contributed by atoms with Gasteiger partial charge in [0.25, 0.3) is 0 Å². The molecule has 0 amide bonds. The molecule has 4 aromatic rings. The number of fused-ring (bicyclic) bond motifs is 1. The summed E-state index contributed by atoms with van der Waals surface area (Å²) in [6.45, 7) is 0.575. The van der Waals surface area contributed by atoms with Crippen LogP contribution in [0, 0.1) is 5.82 Å². The van der Waals surface area contributed by atoms with Crippen LogP contribution in [0.2, 0.25) is 0 Å². The van der Waals surface area contributed by atoms with Gasteiger partial charge in [0.2, 0.25) is 0 Å². The lowest BCUT2D eigenvalue weighted by atomic mass is 10.1. The number of nitrogens with zero attached hydrogens (tertiary/aromatic N) is 2. The third-order valence-corrected chi connectivity index (χ3v) is 4.23. The molecule has 128 valence electrons. The van der Waals surface area contributed by atoms with E-state index in [2.05, 4.69) is 17.4 Å². The maximum Gasteiger partial charge on any atom is 0.137 e. The second-order valence-corrected chi connectivity index (χ2v) is 6.15. The van der Waals surface area contributed by atoms with Crippen molar-refractivity contribution in [3.8, 4) is 0 Å². The lowest BCUT2D eigenvalue weighted by molar-refractivity contribution is 0.627. The summed E-state index contributed by atoms with van der Waals surface area (Å²) in [5, 5.41) is 4.35. The Morgan fingerprint density at radius 2 is 1.46 bits per heavy atom. The average molecular weight is 343 g/mol. The van der Waals surface area contributed by atoms with E-state index in [9.17, 15) is 4.39 Å². The van der Waals surface area contributed by atoms with E-state index in [-0.39, 0.29) is 5.82 Å². The molecule has 26 heavy (non-hydrogen) atoms. The van der Waals surface area contributed by atoms with Gasteiger partial charge in [0.15, 0.2) is 0 Å². The Labute approximate surface area is 151 Å². The largest absolute Gasteiger partial charge is 0.365 e. The third-order valence-electron chi connectivity index (χ3n) is 4.23. The van der Waals surface area contributed by atoms with Gasteiger partial charge in [-0.05, 0) is 35.4 Å². The van der Waals surface area contributed by atoms with Crippen molar-refractivity contribution in [2.24, 2.45) is 0 Å². The summed E-state index contributed by atoms with van der Waals surface area (Å²) >= 11 is 0. The summed E-state index contributed by atoms with van der Waals surface area (Å²) in [6.07, 6.45) is 0.677. The minimum Gasteiger partial charge on any atom is -0.365 e. The van der Waals surface area contributed by atoms with Crippen molar-refractivity contribution in [1.82, 2.24) is 9.97 Å². The van der Waals surface area contributed by atoms with Crippen LogP contribution in [0.4, 0.5) is 10.2 Å². The molecule has 1 aromatic heterocycles. The molecule has 1 heterocycles. The highest BCUT2D eigenvalue weighted by molar-refractivity contribution is 5.89. The molecule has 3 nitrogen and oxygen atoms in total. The SMILES string of the molecule is Fc1ccc(CNc2nc(Cc3ccccc3)nc3ccccc23)cc1. The molecule has 0 aliphatic carbocycles. The maximum atomic E-state index is 13.1. The maximum absolute atomic E-state index is 13.1. The molecule has 0 bridgehead atoms. The van der Waals surface area contributed by atoms with Crippen LogP contribution in [0.25, 0.3) is 10.9 Å². The standard InChI is InChI=1S/C22H18FN3/c23-18-12-10-17(11-13-18)15-24-22-19-8-4-5-9-20(19)25-21(26-22)14-16-6-2-1-3-7-16/h1-13H,14-15H2,(H,24,25,26). The highest BCUT2D eigenvalue weighted by Gasteiger charge is 2.08. The fourth-order valence-corrected chi connectivity index (χ4v) is 2.90. The van der Waals surface area contributed by atoms with E-state index in [0.717, 1.165) is 28.1 Å². The molecular formula is C22H18FN3. The Bertz CT molecular complexity index is 1010. The van der Waals surface area contributed by atoms with Gasteiger partial charge in [-0.3, -0.25) is 0 Å². The van der Waals surface area contributed by atoms with Gasteiger partial charge in [-0.1, -0.05) is 54.6 Å². The second kappa shape index (κ2) is 7.31. The first-order valence-corrected chi connectivity index (χ1v) is 8.56. The fraction of sp³-hybridized carbons (Fsp3) is 0.0909. The summed E-state index contributed by atoms with van der Waals surface area (Å²) in [4.78, 5) is 9.43. The van der Waals surface area contributed by atoms with Gasteiger partial charge < -0.3 is 5.32 Å². The molecule has 0 saturated heterocycles. The van der Waals surface area contributed by atoms with Crippen LogP contribution in [-0.2, 0) is 13.0 Å². The van der Waals surface area contributed by atoms with Gasteiger partial charge >= 0.3 is 0 Å². The Kier molecular flexibility index (Phi) is 4.56. The molecule has 0 spiro atoms. The summed E-state index contributed by atoms with van der Waals surface area (Å²) < 4.78 is 13.1. The number of halogens is 1. The predicted octanol–water partition coefficient (Wildman–Crippen LogP) is 4.97. The summed E-state index contributed by atoms with van der Waals surface area (Å²) in [5.41, 5.74) is 3.08. The molecule has 4 heteroatoms. The molecule has 0 fully saturated rings. The van der Waals surface area contributed by atoms with Crippen molar-refractivity contribution >= 4 is 16.7 Å².